The SMILES string of the molecule is Cn1c(=O)[nH]c(=O)c2c1nc(N1CC[NH2+]CC1)n2Cc1ccccc1.O=C([O-])CCC(=O)O. The van der Waals surface area contributed by atoms with Crippen LogP contribution in [-0.2, 0) is 23.2 Å². The number of carboxylic acids is 2. The minimum Gasteiger partial charge on any atom is -0.550 e. The Labute approximate surface area is 188 Å². The molecule has 0 atom stereocenters. The summed E-state index contributed by atoms with van der Waals surface area (Å²) in [6, 6.07) is 9.97. The number of quaternary nitrogens is 1. The van der Waals surface area contributed by atoms with Crippen LogP contribution in [-0.4, -0.2) is 62.3 Å². The van der Waals surface area contributed by atoms with E-state index >= 15 is 0 Å². The molecule has 176 valence electrons. The fraction of sp³-hybridized carbons (Fsp3) is 0.381. The summed E-state index contributed by atoms with van der Waals surface area (Å²) in [6.45, 7) is 4.25. The number of carbonyl (C=O) groups is 2. The highest BCUT2D eigenvalue weighted by atomic mass is 16.4. The van der Waals surface area contributed by atoms with Crippen molar-refractivity contribution in [3.8, 4) is 0 Å². The van der Waals surface area contributed by atoms with E-state index in [4.69, 9.17) is 5.11 Å². The molecule has 0 radical (unpaired) electrons. The average Bonchev–Trinajstić information content (AvgIpc) is 3.18. The summed E-state index contributed by atoms with van der Waals surface area (Å²) in [5.41, 5.74) is 1.11. The molecule has 0 bridgehead atoms. The largest absolute Gasteiger partial charge is 0.550 e. The lowest BCUT2D eigenvalue weighted by Gasteiger charge is -2.26. The number of carboxylic acid groups (broad SMARTS) is 2. The van der Waals surface area contributed by atoms with E-state index in [1.807, 2.05) is 34.9 Å². The third kappa shape index (κ3) is 5.86. The number of benzene rings is 1. The highest BCUT2D eigenvalue weighted by Crippen LogP contribution is 2.21. The summed E-state index contributed by atoms with van der Waals surface area (Å²) in [6.07, 6.45) is -0.766. The molecule has 0 spiro atoms. The quantitative estimate of drug-likeness (QED) is 0.363. The molecule has 0 unspecified atom stereocenters. The maximum absolute atomic E-state index is 12.5. The first-order valence-corrected chi connectivity index (χ1v) is 10.5. The summed E-state index contributed by atoms with van der Waals surface area (Å²) in [5.74, 6) is -1.69. The van der Waals surface area contributed by atoms with Crippen LogP contribution in [0.4, 0.5) is 5.95 Å². The molecule has 0 saturated carbocycles. The van der Waals surface area contributed by atoms with Gasteiger partial charge in [-0.3, -0.25) is 23.7 Å². The predicted molar refractivity (Wildman–Crippen MR) is 117 cm³/mol. The fourth-order valence-corrected chi connectivity index (χ4v) is 3.54. The van der Waals surface area contributed by atoms with Gasteiger partial charge in [-0.2, -0.15) is 4.98 Å². The van der Waals surface area contributed by atoms with Crippen LogP contribution in [0, 0.1) is 0 Å². The van der Waals surface area contributed by atoms with E-state index < -0.39 is 29.6 Å². The summed E-state index contributed by atoms with van der Waals surface area (Å²) in [4.78, 5) is 52.8. The molecular formula is C21H26N6O6. The summed E-state index contributed by atoms with van der Waals surface area (Å²) in [7, 11) is 1.63. The number of hydrogen-bond acceptors (Lipinski definition) is 7. The van der Waals surface area contributed by atoms with Crippen LogP contribution in [0.25, 0.3) is 11.2 Å². The van der Waals surface area contributed by atoms with Crippen LogP contribution < -0.4 is 26.6 Å². The van der Waals surface area contributed by atoms with Gasteiger partial charge in [-0.25, -0.2) is 4.79 Å². The highest BCUT2D eigenvalue weighted by molar-refractivity contribution is 5.75. The minimum absolute atomic E-state index is 0.359. The Bertz CT molecular complexity index is 1230. The van der Waals surface area contributed by atoms with Gasteiger partial charge in [0.25, 0.3) is 5.56 Å². The third-order valence-corrected chi connectivity index (χ3v) is 5.20. The monoisotopic (exact) mass is 458 g/mol. The Morgan fingerprint density at radius 1 is 1.15 bits per heavy atom. The molecule has 1 aliphatic rings. The second-order valence-electron chi connectivity index (χ2n) is 7.59. The first kappa shape index (κ1) is 23.7. The van der Waals surface area contributed by atoms with Gasteiger partial charge in [0.15, 0.2) is 11.2 Å². The molecule has 12 nitrogen and oxygen atoms in total. The van der Waals surface area contributed by atoms with Crippen LogP contribution in [0.15, 0.2) is 39.9 Å². The van der Waals surface area contributed by atoms with Crippen molar-refractivity contribution in [2.75, 3.05) is 31.1 Å². The Balaban J connectivity index is 0.000000331. The van der Waals surface area contributed by atoms with Crippen LogP contribution in [0.1, 0.15) is 18.4 Å². The van der Waals surface area contributed by atoms with Crippen molar-refractivity contribution in [3.05, 3.63) is 56.7 Å². The van der Waals surface area contributed by atoms with Gasteiger partial charge in [0.2, 0.25) is 5.95 Å². The van der Waals surface area contributed by atoms with Gasteiger partial charge in [-0.1, -0.05) is 30.3 Å². The molecule has 12 heteroatoms. The van der Waals surface area contributed by atoms with Crippen LogP contribution in [0.5, 0.6) is 0 Å². The number of nitrogens with two attached hydrogens (primary N) is 1. The maximum atomic E-state index is 12.5. The van der Waals surface area contributed by atoms with Gasteiger partial charge in [0.1, 0.15) is 0 Å². The second-order valence-corrected chi connectivity index (χ2v) is 7.59. The predicted octanol–water partition coefficient (Wildman–Crippen LogP) is -2.54. The number of nitrogens with zero attached hydrogens (tertiary/aromatic N) is 4. The molecule has 3 heterocycles. The maximum Gasteiger partial charge on any atom is 0.329 e. The first-order chi connectivity index (χ1) is 15.8. The number of rotatable bonds is 6. The van der Waals surface area contributed by atoms with Gasteiger partial charge in [0.05, 0.1) is 39.1 Å². The van der Waals surface area contributed by atoms with Gasteiger partial charge < -0.3 is 25.2 Å². The third-order valence-electron chi connectivity index (χ3n) is 5.20. The molecule has 1 aromatic carbocycles. The number of aromatic nitrogens is 4. The van der Waals surface area contributed by atoms with E-state index in [9.17, 15) is 24.3 Å². The summed E-state index contributed by atoms with van der Waals surface area (Å²) < 4.78 is 3.33. The zero-order chi connectivity index (χ0) is 24.0. The number of anilines is 1. The highest BCUT2D eigenvalue weighted by Gasteiger charge is 2.23. The van der Waals surface area contributed by atoms with Crippen molar-refractivity contribution in [2.45, 2.75) is 19.4 Å². The average molecular weight is 458 g/mol. The van der Waals surface area contributed by atoms with Crippen molar-refractivity contribution in [1.29, 1.82) is 0 Å². The van der Waals surface area contributed by atoms with Crippen molar-refractivity contribution >= 4 is 29.1 Å². The van der Waals surface area contributed by atoms with Crippen LogP contribution >= 0.6 is 0 Å². The standard InChI is InChI=1S/C17H20N6O2.C4H6O4/c1-21-14-13(15(24)20-17(21)25)23(11-12-5-3-2-4-6-12)16(19-14)22-9-7-18-8-10-22;5-3(6)1-2-4(7)8/h2-6,18H,7-11H2,1H3,(H,20,24,25);1-2H2,(H,5,6)(H,7,8). The van der Waals surface area contributed by atoms with E-state index in [1.165, 1.54) is 4.57 Å². The Hall–Kier alpha value is -3.93. The lowest BCUT2D eigenvalue weighted by atomic mass is 10.2. The topological polar surface area (TPSA) is 170 Å². The molecule has 1 saturated heterocycles. The smallest absolute Gasteiger partial charge is 0.329 e. The number of piperazine rings is 1. The number of nitrogens with one attached hydrogen (secondary N) is 1. The molecule has 4 rings (SSSR count). The molecule has 2 aromatic heterocycles. The van der Waals surface area contributed by atoms with Gasteiger partial charge in [0, 0.05) is 13.0 Å². The van der Waals surface area contributed by atoms with Crippen molar-refractivity contribution in [1.82, 2.24) is 19.1 Å². The van der Waals surface area contributed by atoms with Crippen LogP contribution in [0.3, 0.4) is 0 Å². The van der Waals surface area contributed by atoms with Crippen LogP contribution in [0.2, 0.25) is 0 Å². The van der Waals surface area contributed by atoms with Crippen molar-refractivity contribution in [2.24, 2.45) is 7.05 Å². The molecule has 3 aromatic rings. The molecular weight excluding hydrogens is 432 g/mol. The van der Waals surface area contributed by atoms with Crippen molar-refractivity contribution < 1.29 is 25.1 Å². The van der Waals surface area contributed by atoms with Crippen molar-refractivity contribution in [3.63, 3.8) is 0 Å². The van der Waals surface area contributed by atoms with Gasteiger partial charge in [-0.15, -0.1) is 0 Å². The number of aryl methyl sites for hydroxylation is 1. The zero-order valence-corrected chi connectivity index (χ0v) is 18.2. The Morgan fingerprint density at radius 3 is 2.39 bits per heavy atom. The molecule has 0 aliphatic carbocycles. The lowest BCUT2D eigenvalue weighted by molar-refractivity contribution is -0.655. The summed E-state index contributed by atoms with van der Waals surface area (Å²) in [5, 5.41) is 19.7. The zero-order valence-electron chi connectivity index (χ0n) is 18.2. The lowest BCUT2D eigenvalue weighted by Crippen LogP contribution is -2.89. The summed E-state index contributed by atoms with van der Waals surface area (Å²) >= 11 is 0. The fourth-order valence-electron chi connectivity index (χ4n) is 3.54. The Morgan fingerprint density at radius 2 is 1.82 bits per heavy atom. The molecule has 1 aliphatic heterocycles. The number of imidazole rings is 1. The number of aliphatic carboxylic acids is 2. The second kappa shape index (κ2) is 10.6. The van der Waals surface area contributed by atoms with E-state index in [-0.39, 0.29) is 6.42 Å². The molecule has 1 fully saturated rings. The number of hydrogen-bond donors (Lipinski definition) is 3. The molecule has 0 amide bonds. The van der Waals surface area contributed by atoms with E-state index in [0.717, 1.165) is 37.7 Å². The van der Waals surface area contributed by atoms with Gasteiger partial charge in [-0.05, 0) is 12.0 Å². The number of aromatic amines is 1. The number of fused-ring (bicyclic) bond motifs is 1. The normalized spacial score (nSPS) is 13.4. The van der Waals surface area contributed by atoms with E-state index in [1.54, 1.807) is 7.05 Å². The molecule has 4 N–H and O–H groups in total. The number of carbonyl (C=O) groups excluding carboxylic acids is 1. The first-order valence-electron chi connectivity index (χ1n) is 10.5. The van der Waals surface area contributed by atoms with Gasteiger partial charge >= 0.3 is 11.7 Å². The Kier molecular flexibility index (Phi) is 7.61. The minimum atomic E-state index is -1.33. The van der Waals surface area contributed by atoms with E-state index in [2.05, 4.69) is 20.2 Å². The molecule has 33 heavy (non-hydrogen) atoms. The van der Waals surface area contributed by atoms with E-state index in [0.29, 0.717) is 17.7 Å². The number of H-pyrrole nitrogens is 1.